The molecule has 1 saturated heterocycles. The number of nitrogens with zero attached hydrogens (tertiary/aromatic N) is 3. The van der Waals surface area contributed by atoms with Gasteiger partial charge in [0.25, 0.3) is 5.91 Å². The zero-order valence-corrected chi connectivity index (χ0v) is 14.7. The third-order valence-electron chi connectivity index (χ3n) is 6.31. The smallest absolute Gasteiger partial charge is 0.297 e. The van der Waals surface area contributed by atoms with Gasteiger partial charge in [-0.05, 0) is 30.4 Å². The van der Waals surface area contributed by atoms with Gasteiger partial charge >= 0.3 is 0 Å². The van der Waals surface area contributed by atoms with E-state index in [4.69, 9.17) is 15.2 Å². The van der Waals surface area contributed by atoms with Crippen LogP contribution >= 0.6 is 0 Å². The lowest BCUT2D eigenvalue weighted by atomic mass is 9.53. The first-order chi connectivity index (χ1) is 13.1. The van der Waals surface area contributed by atoms with Crippen molar-refractivity contribution in [2.75, 3.05) is 13.2 Å². The van der Waals surface area contributed by atoms with Crippen LogP contribution in [0.4, 0.5) is 0 Å². The van der Waals surface area contributed by atoms with Crippen molar-refractivity contribution >= 4 is 5.84 Å². The topological polar surface area (TPSA) is 116 Å². The van der Waals surface area contributed by atoms with Gasteiger partial charge in [0.05, 0.1) is 31.4 Å². The first-order valence-electron chi connectivity index (χ1n) is 9.15. The molecule has 0 bridgehead atoms. The Morgan fingerprint density at radius 2 is 1.85 bits per heavy atom. The average Bonchev–Trinajstić information content (AvgIpc) is 3.40. The van der Waals surface area contributed by atoms with E-state index in [1.807, 2.05) is 30.3 Å². The van der Waals surface area contributed by atoms with Crippen LogP contribution in [0.1, 0.15) is 30.9 Å². The Morgan fingerprint density at radius 3 is 2.52 bits per heavy atom. The number of allylic oxidation sites excluding steroid dienone is 1. The van der Waals surface area contributed by atoms with E-state index in [9.17, 15) is 10.5 Å². The van der Waals surface area contributed by atoms with Crippen LogP contribution in [0, 0.1) is 33.5 Å². The van der Waals surface area contributed by atoms with E-state index in [0.29, 0.717) is 19.6 Å². The number of amidine groups is 1. The molecule has 3 aliphatic heterocycles. The van der Waals surface area contributed by atoms with Crippen LogP contribution in [-0.4, -0.2) is 25.0 Å². The van der Waals surface area contributed by atoms with Crippen molar-refractivity contribution in [2.24, 2.45) is 21.6 Å². The number of benzene rings is 1. The second kappa shape index (κ2) is 5.32. The third-order valence-corrected chi connectivity index (χ3v) is 6.31. The van der Waals surface area contributed by atoms with E-state index in [0.717, 1.165) is 29.7 Å². The summed E-state index contributed by atoms with van der Waals surface area (Å²) >= 11 is 0. The predicted octanol–water partition coefficient (Wildman–Crippen LogP) is 1.86. The Labute approximate surface area is 157 Å². The van der Waals surface area contributed by atoms with Gasteiger partial charge in [-0.1, -0.05) is 30.3 Å². The highest BCUT2D eigenvalue weighted by Gasteiger charge is 2.80. The van der Waals surface area contributed by atoms with Crippen LogP contribution in [0.2, 0.25) is 0 Å². The molecule has 4 aliphatic rings. The quantitative estimate of drug-likeness (QED) is 0.788. The van der Waals surface area contributed by atoms with Crippen LogP contribution in [0.3, 0.4) is 0 Å². The molecule has 1 aromatic rings. The molecule has 0 aromatic heterocycles. The van der Waals surface area contributed by atoms with E-state index >= 15 is 0 Å². The standard InChI is InChI=1S/C20H19N5O2/c21-11-18-16(13-5-2-1-3-6-13)24-15-8-4-7-14(15)19(18,12-22)20(25-17(18)23)26-9-10-27-20/h1-3,5-6,16,24H,4,7-10H2,(H2,23,25)/t16-,18-,19+/m1/s1. The van der Waals surface area contributed by atoms with Gasteiger partial charge in [-0.15, -0.1) is 0 Å². The summed E-state index contributed by atoms with van der Waals surface area (Å²) in [5, 5.41) is 24.6. The molecular formula is C20H19N5O2. The first kappa shape index (κ1) is 16.3. The van der Waals surface area contributed by atoms with Gasteiger partial charge in [0.2, 0.25) is 0 Å². The highest BCUT2D eigenvalue weighted by atomic mass is 16.8. The summed E-state index contributed by atoms with van der Waals surface area (Å²) in [5.74, 6) is -1.46. The summed E-state index contributed by atoms with van der Waals surface area (Å²) in [7, 11) is 0. The largest absolute Gasteiger partial charge is 0.386 e. The minimum Gasteiger partial charge on any atom is -0.386 e. The minimum absolute atomic E-state index is 0.0910. The Hall–Kier alpha value is -2.87. The maximum Gasteiger partial charge on any atom is 0.297 e. The first-order valence-corrected chi connectivity index (χ1v) is 9.15. The Bertz CT molecular complexity index is 951. The van der Waals surface area contributed by atoms with E-state index in [-0.39, 0.29) is 5.84 Å². The van der Waals surface area contributed by atoms with Gasteiger partial charge < -0.3 is 20.5 Å². The van der Waals surface area contributed by atoms with Crippen molar-refractivity contribution < 1.29 is 9.47 Å². The number of fused-ring (bicyclic) bond motifs is 3. The van der Waals surface area contributed by atoms with Crippen molar-refractivity contribution in [2.45, 2.75) is 31.2 Å². The molecular weight excluding hydrogens is 342 g/mol. The number of nitrogens with two attached hydrogens (primary N) is 1. The normalized spacial score (nSPS) is 35.8. The second-order valence-corrected chi connectivity index (χ2v) is 7.36. The molecule has 7 nitrogen and oxygen atoms in total. The molecule has 1 aromatic carbocycles. The molecule has 3 heterocycles. The van der Waals surface area contributed by atoms with E-state index in [1.54, 1.807) is 0 Å². The Morgan fingerprint density at radius 1 is 1.11 bits per heavy atom. The molecule has 27 heavy (non-hydrogen) atoms. The maximum atomic E-state index is 10.6. The zero-order valence-electron chi connectivity index (χ0n) is 14.7. The summed E-state index contributed by atoms with van der Waals surface area (Å²) < 4.78 is 11.9. The zero-order chi connectivity index (χ0) is 18.7. The fourth-order valence-corrected chi connectivity index (χ4v) is 5.26. The summed E-state index contributed by atoms with van der Waals surface area (Å²) in [6.07, 6.45) is 2.41. The SMILES string of the molecule is N#C[C@@]12C(N)=NC3(OCCO3)[C@@]1(C#N)C1=C(CCC1)N[C@@H]2c1ccccc1. The monoisotopic (exact) mass is 361 g/mol. The van der Waals surface area contributed by atoms with Gasteiger partial charge in [0, 0.05) is 5.70 Å². The van der Waals surface area contributed by atoms with E-state index < -0.39 is 22.8 Å². The molecule has 0 radical (unpaired) electrons. The van der Waals surface area contributed by atoms with Gasteiger partial charge in [-0.3, -0.25) is 0 Å². The van der Waals surface area contributed by atoms with E-state index in [1.165, 1.54) is 0 Å². The number of ether oxygens (including phenoxy) is 2. The molecule has 136 valence electrons. The molecule has 5 rings (SSSR count). The number of hydrogen-bond acceptors (Lipinski definition) is 7. The summed E-state index contributed by atoms with van der Waals surface area (Å²) in [6.45, 7) is 0.627. The van der Waals surface area contributed by atoms with Crippen LogP contribution in [-0.2, 0) is 9.47 Å². The van der Waals surface area contributed by atoms with Gasteiger partial charge in [0.15, 0.2) is 10.8 Å². The molecule has 3 N–H and O–H groups in total. The molecule has 0 unspecified atom stereocenters. The highest BCUT2D eigenvalue weighted by Crippen LogP contribution is 2.68. The molecule has 1 aliphatic carbocycles. The third kappa shape index (κ3) is 1.65. The second-order valence-electron chi connectivity index (χ2n) is 7.36. The number of rotatable bonds is 1. The number of nitriles is 2. The summed E-state index contributed by atoms with van der Waals surface area (Å²) in [6, 6.07) is 13.9. The fraction of sp³-hybridized carbons (Fsp3) is 0.450. The van der Waals surface area contributed by atoms with Crippen molar-refractivity contribution in [3.05, 3.63) is 47.2 Å². The molecule has 7 heteroatoms. The predicted molar refractivity (Wildman–Crippen MR) is 95.5 cm³/mol. The van der Waals surface area contributed by atoms with Crippen molar-refractivity contribution in [1.82, 2.24) is 5.32 Å². The molecule has 3 atom stereocenters. The average molecular weight is 361 g/mol. The van der Waals surface area contributed by atoms with Gasteiger partial charge in [0.1, 0.15) is 5.84 Å². The van der Waals surface area contributed by atoms with Gasteiger partial charge in [-0.2, -0.15) is 10.5 Å². The minimum atomic E-state index is -1.55. The molecule has 0 amide bonds. The number of nitrogens with one attached hydrogen (secondary N) is 1. The Balaban J connectivity index is 1.85. The molecule has 0 saturated carbocycles. The lowest BCUT2D eigenvalue weighted by Crippen LogP contribution is -2.63. The number of hydrogen-bond donors (Lipinski definition) is 2. The lowest BCUT2D eigenvalue weighted by Gasteiger charge is -2.50. The van der Waals surface area contributed by atoms with Crippen molar-refractivity contribution in [3.8, 4) is 12.1 Å². The van der Waals surface area contributed by atoms with Crippen LogP contribution < -0.4 is 11.1 Å². The summed E-state index contributed by atoms with van der Waals surface area (Å²) in [5.41, 5.74) is 6.30. The maximum absolute atomic E-state index is 10.6. The fourth-order valence-electron chi connectivity index (χ4n) is 5.26. The van der Waals surface area contributed by atoms with Crippen LogP contribution in [0.5, 0.6) is 0 Å². The van der Waals surface area contributed by atoms with Crippen LogP contribution in [0.25, 0.3) is 0 Å². The number of aliphatic imine (C=N–C) groups is 1. The van der Waals surface area contributed by atoms with Gasteiger partial charge in [-0.25, -0.2) is 4.99 Å². The van der Waals surface area contributed by atoms with Crippen molar-refractivity contribution in [3.63, 3.8) is 0 Å². The molecule has 1 fully saturated rings. The molecule has 1 spiro atoms. The lowest BCUT2D eigenvalue weighted by molar-refractivity contribution is -0.212. The Kier molecular flexibility index (Phi) is 3.22. The van der Waals surface area contributed by atoms with E-state index in [2.05, 4.69) is 22.4 Å². The summed E-state index contributed by atoms with van der Waals surface area (Å²) in [4.78, 5) is 4.52. The van der Waals surface area contributed by atoms with Crippen molar-refractivity contribution in [1.29, 1.82) is 10.5 Å². The van der Waals surface area contributed by atoms with Crippen LogP contribution in [0.15, 0.2) is 46.6 Å². The highest BCUT2D eigenvalue weighted by molar-refractivity contribution is 5.96.